The number of hydrogen-bond acceptors (Lipinski definition) is 2. The summed E-state index contributed by atoms with van der Waals surface area (Å²) in [7, 11) is 0. The number of ether oxygens (including phenoxy) is 1. The Hall–Kier alpha value is -0.370. The highest BCUT2D eigenvalue weighted by atomic mass is 16.5. The quantitative estimate of drug-likeness (QED) is 0.490. The van der Waals surface area contributed by atoms with Crippen LogP contribution < -0.4 is 0 Å². The first-order chi connectivity index (χ1) is 7.31. The van der Waals surface area contributed by atoms with Crippen molar-refractivity contribution in [1.29, 1.82) is 0 Å². The summed E-state index contributed by atoms with van der Waals surface area (Å²) in [4.78, 5) is 11.3. The molecule has 0 radical (unpaired) electrons. The van der Waals surface area contributed by atoms with Crippen molar-refractivity contribution in [2.45, 2.75) is 65.2 Å². The van der Waals surface area contributed by atoms with Crippen LogP contribution in [0, 0.1) is 0 Å². The van der Waals surface area contributed by atoms with Crippen LogP contribution in [0.15, 0.2) is 0 Å². The van der Waals surface area contributed by atoms with Crippen LogP contribution in [0.5, 0.6) is 0 Å². The Labute approximate surface area is 94.4 Å². The standard InChI is InChI=1S/C13H26O2/c1-3-5-6-7-8-9-10-13(14)11-12-15-4-2/h3-12H2,1-2H3. The minimum absolute atomic E-state index is 0.360. The molecule has 0 atom stereocenters. The zero-order valence-electron chi connectivity index (χ0n) is 10.4. The topological polar surface area (TPSA) is 26.3 Å². The molecular formula is C13H26O2. The zero-order chi connectivity index (χ0) is 11.4. The van der Waals surface area contributed by atoms with Gasteiger partial charge >= 0.3 is 0 Å². The van der Waals surface area contributed by atoms with Gasteiger partial charge in [-0.25, -0.2) is 0 Å². The molecule has 0 spiro atoms. The van der Waals surface area contributed by atoms with Crippen LogP contribution in [0.2, 0.25) is 0 Å². The number of ketones is 1. The third-order valence-electron chi connectivity index (χ3n) is 2.54. The van der Waals surface area contributed by atoms with Crippen LogP contribution in [0.4, 0.5) is 0 Å². The smallest absolute Gasteiger partial charge is 0.135 e. The van der Waals surface area contributed by atoms with E-state index in [4.69, 9.17) is 4.74 Å². The van der Waals surface area contributed by atoms with Gasteiger partial charge in [0.05, 0.1) is 6.61 Å². The molecule has 2 nitrogen and oxygen atoms in total. The highest BCUT2D eigenvalue weighted by molar-refractivity contribution is 5.78. The molecule has 0 rings (SSSR count). The second kappa shape index (κ2) is 11.7. The van der Waals surface area contributed by atoms with E-state index in [1.165, 1.54) is 32.1 Å². The summed E-state index contributed by atoms with van der Waals surface area (Å²) < 4.78 is 5.14. The fraction of sp³-hybridized carbons (Fsp3) is 0.923. The van der Waals surface area contributed by atoms with Crippen LogP contribution in [-0.2, 0) is 9.53 Å². The molecule has 0 saturated carbocycles. The van der Waals surface area contributed by atoms with Crippen LogP contribution in [0.25, 0.3) is 0 Å². The lowest BCUT2D eigenvalue weighted by molar-refractivity contribution is -0.120. The maximum Gasteiger partial charge on any atom is 0.135 e. The normalized spacial score (nSPS) is 10.5. The van der Waals surface area contributed by atoms with E-state index < -0.39 is 0 Å². The Kier molecular flexibility index (Phi) is 11.4. The molecule has 2 heteroatoms. The van der Waals surface area contributed by atoms with Crippen LogP contribution in [0.3, 0.4) is 0 Å². The fourth-order valence-electron chi connectivity index (χ4n) is 1.56. The number of rotatable bonds is 11. The highest BCUT2D eigenvalue weighted by Crippen LogP contribution is 2.07. The number of hydrogen-bond donors (Lipinski definition) is 0. The van der Waals surface area contributed by atoms with Crippen LogP contribution in [0.1, 0.15) is 65.2 Å². The van der Waals surface area contributed by atoms with Crippen LogP contribution >= 0.6 is 0 Å². The molecule has 0 aromatic carbocycles. The minimum Gasteiger partial charge on any atom is -0.381 e. The van der Waals surface area contributed by atoms with E-state index in [9.17, 15) is 4.79 Å². The molecule has 0 bridgehead atoms. The van der Waals surface area contributed by atoms with Crippen molar-refractivity contribution >= 4 is 5.78 Å². The maximum absolute atomic E-state index is 11.3. The van der Waals surface area contributed by atoms with Gasteiger partial charge in [0.2, 0.25) is 0 Å². The van der Waals surface area contributed by atoms with Gasteiger partial charge in [0, 0.05) is 19.4 Å². The van der Waals surface area contributed by atoms with Gasteiger partial charge in [0.15, 0.2) is 0 Å². The van der Waals surface area contributed by atoms with Gasteiger partial charge in [-0.15, -0.1) is 0 Å². The molecule has 90 valence electrons. The summed E-state index contributed by atoms with van der Waals surface area (Å²) in [6, 6.07) is 0. The summed E-state index contributed by atoms with van der Waals surface area (Å²) in [6.07, 6.45) is 8.85. The largest absolute Gasteiger partial charge is 0.381 e. The average Bonchev–Trinajstić information content (AvgIpc) is 2.23. The van der Waals surface area contributed by atoms with Crippen molar-refractivity contribution in [3.05, 3.63) is 0 Å². The van der Waals surface area contributed by atoms with Crippen molar-refractivity contribution in [2.24, 2.45) is 0 Å². The first kappa shape index (κ1) is 14.6. The number of carbonyl (C=O) groups excluding carboxylic acids is 1. The zero-order valence-corrected chi connectivity index (χ0v) is 10.4. The minimum atomic E-state index is 0.360. The molecule has 0 aliphatic heterocycles. The van der Waals surface area contributed by atoms with Gasteiger partial charge in [0.25, 0.3) is 0 Å². The van der Waals surface area contributed by atoms with Crippen molar-refractivity contribution in [3.63, 3.8) is 0 Å². The molecule has 0 N–H and O–H groups in total. The maximum atomic E-state index is 11.3. The van der Waals surface area contributed by atoms with Crippen molar-refractivity contribution in [3.8, 4) is 0 Å². The van der Waals surface area contributed by atoms with E-state index in [0.717, 1.165) is 12.8 Å². The Morgan fingerprint density at radius 3 is 2.27 bits per heavy atom. The number of carbonyl (C=O) groups is 1. The van der Waals surface area contributed by atoms with Gasteiger partial charge in [0.1, 0.15) is 5.78 Å². The second-order valence-corrected chi connectivity index (χ2v) is 4.00. The average molecular weight is 214 g/mol. The molecule has 0 aliphatic carbocycles. The van der Waals surface area contributed by atoms with Gasteiger partial charge in [-0.1, -0.05) is 39.0 Å². The predicted molar refractivity (Wildman–Crippen MR) is 64.1 cm³/mol. The SMILES string of the molecule is CCCCCCCCC(=O)CCOCC. The van der Waals surface area contributed by atoms with Crippen molar-refractivity contribution in [2.75, 3.05) is 13.2 Å². The lowest BCUT2D eigenvalue weighted by atomic mass is 10.1. The first-order valence-electron chi connectivity index (χ1n) is 6.40. The third kappa shape index (κ3) is 11.6. The predicted octanol–water partition coefficient (Wildman–Crippen LogP) is 3.73. The van der Waals surface area contributed by atoms with Crippen LogP contribution in [-0.4, -0.2) is 19.0 Å². The van der Waals surface area contributed by atoms with Gasteiger partial charge in [-0.3, -0.25) is 4.79 Å². The number of unbranched alkanes of at least 4 members (excludes halogenated alkanes) is 5. The van der Waals surface area contributed by atoms with E-state index in [2.05, 4.69) is 6.92 Å². The molecule has 0 heterocycles. The van der Waals surface area contributed by atoms with Crippen molar-refractivity contribution in [1.82, 2.24) is 0 Å². The molecule has 0 amide bonds. The van der Waals surface area contributed by atoms with Gasteiger partial charge < -0.3 is 4.74 Å². The second-order valence-electron chi connectivity index (χ2n) is 4.00. The van der Waals surface area contributed by atoms with Gasteiger partial charge in [-0.2, -0.15) is 0 Å². The summed E-state index contributed by atoms with van der Waals surface area (Å²) in [6.45, 7) is 5.49. The lowest BCUT2D eigenvalue weighted by Crippen LogP contribution is -2.03. The Morgan fingerprint density at radius 2 is 1.60 bits per heavy atom. The van der Waals surface area contributed by atoms with E-state index in [1.807, 2.05) is 6.92 Å². The molecular weight excluding hydrogens is 188 g/mol. The summed E-state index contributed by atoms with van der Waals surface area (Å²) in [5.41, 5.74) is 0. The Bertz CT molecular complexity index is 143. The van der Waals surface area contributed by atoms with Crippen molar-refractivity contribution < 1.29 is 9.53 Å². The molecule has 15 heavy (non-hydrogen) atoms. The molecule has 0 aromatic heterocycles. The van der Waals surface area contributed by atoms with E-state index in [1.54, 1.807) is 0 Å². The molecule has 0 fully saturated rings. The molecule has 0 aliphatic rings. The molecule has 0 saturated heterocycles. The van der Waals surface area contributed by atoms with Gasteiger partial charge in [-0.05, 0) is 13.3 Å². The fourth-order valence-corrected chi connectivity index (χ4v) is 1.56. The summed E-state index contributed by atoms with van der Waals surface area (Å²) in [5.74, 6) is 0.360. The summed E-state index contributed by atoms with van der Waals surface area (Å²) >= 11 is 0. The lowest BCUT2D eigenvalue weighted by Gasteiger charge is -2.01. The third-order valence-corrected chi connectivity index (χ3v) is 2.54. The van der Waals surface area contributed by atoms with E-state index >= 15 is 0 Å². The summed E-state index contributed by atoms with van der Waals surface area (Å²) in [5, 5.41) is 0. The molecule has 0 unspecified atom stereocenters. The van der Waals surface area contributed by atoms with E-state index in [-0.39, 0.29) is 0 Å². The Balaban J connectivity index is 3.10. The highest BCUT2D eigenvalue weighted by Gasteiger charge is 2.01. The number of Topliss-reactive ketones (excluding diaryl/α,β-unsaturated/α-hetero) is 1. The first-order valence-corrected chi connectivity index (χ1v) is 6.40. The monoisotopic (exact) mass is 214 g/mol. The molecule has 0 aromatic rings. The Morgan fingerprint density at radius 1 is 0.933 bits per heavy atom. The van der Waals surface area contributed by atoms with E-state index in [0.29, 0.717) is 25.4 Å².